The van der Waals surface area contributed by atoms with Crippen molar-refractivity contribution in [3.63, 3.8) is 0 Å². The van der Waals surface area contributed by atoms with E-state index in [2.05, 4.69) is 22.1 Å². The van der Waals surface area contributed by atoms with Crippen LogP contribution in [0.15, 0.2) is 23.7 Å². The lowest BCUT2D eigenvalue weighted by atomic mass is 9.79. The average molecular weight is 301 g/mol. The topological polar surface area (TPSA) is 45.2 Å². The van der Waals surface area contributed by atoms with E-state index in [1.807, 2.05) is 17.5 Å². The Morgan fingerprint density at radius 3 is 3.00 bits per heavy atom. The molecule has 0 aromatic carbocycles. The van der Waals surface area contributed by atoms with Crippen LogP contribution in [0.2, 0.25) is 0 Å². The Bertz CT molecular complexity index is 673. The molecule has 4 nitrogen and oxygen atoms in total. The van der Waals surface area contributed by atoms with Crippen molar-refractivity contribution in [3.8, 4) is 0 Å². The van der Waals surface area contributed by atoms with Crippen LogP contribution in [0.5, 0.6) is 0 Å². The molecule has 5 heterocycles. The molecule has 110 valence electrons. The first-order chi connectivity index (χ1) is 10.2. The molecule has 3 fully saturated rings. The first-order valence-corrected chi connectivity index (χ1v) is 8.48. The lowest BCUT2D eigenvalue weighted by molar-refractivity contribution is 0.0217. The smallest absolute Gasteiger partial charge is 0.253 e. The van der Waals surface area contributed by atoms with E-state index < -0.39 is 0 Å². The second-order valence-electron chi connectivity index (χ2n) is 6.14. The van der Waals surface area contributed by atoms with Crippen molar-refractivity contribution >= 4 is 27.5 Å². The summed E-state index contributed by atoms with van der Waals surface area (Å²) in [5, 5.41) is 5.27. The van der Waals surface area contributed by atoms with Gasteiger partial charge in [0.2, 0.25) is 0 Å². The molecule has 5 heteroatoms. The summed E-state index contributed by atoms with van der Waals surface area (Å²) < 4.78 is 1.07. The summed E-state index contributed by atoms with van der Waals surface area (Å²) in [7, 11) is 0. The number of carbonyl (C=O) groups excluding carboxylic acids is 1. The zero-order valence-corrected chi connectivity index (χ0v) is 12.9. The number of piperidine rings is 3. The van der Waals surface area contributed by atoms with Gasteiger partial charge < -0.3 is 5.32 Å². The lowest BCUT2D eigenvalue weighted by Gasteiger charge is -2.49. The number of nitrogens with zero attached hydrogens (tertiary/aromatic N) is 2. The average Bonchev–Trinajstić information content (AvgIpc) is 2.98. The standard InChI is InChI=1S/C16H19N3OS/c1-10-15(11-2-5-19(10)6-3-11)18-16(20)12-8-14-13(17-9-12)4-7-21-14/h4,7-11,15H,2-3,5-6H2,1H3,(H,18,20). The van der Waals surface area contributed by atoms with Crippen LogP contribution < -0.4 is 5.32 Å². The van der Waals surface area contributed by atoms with Gasteiger partial charge in [-0.3, -0.25) is 14.7 Å². The van der Waals surface area contributed by atoms with Gasteiger partial charge in [-0.05, 0) is 56.3 Å². The molecule has 5 rings (SSSR count). The van der Waals surface area contributed by atoms with Gasteiger partial charge in [-0.25, -0.2) is 0 Å². The van der Waals surface area contributed by atoms with Crippen molar-refractivity contribution in [2.45, 2.75) is 31.8 Å². The maximum atomic E-state index is 12.5. The van der Waals surface area contributed by atoms with Crippen LogP contribution in [-0.4, -0.2) is 41.0 Å². The van der Waals surface area contributed by atoms with E-state index in [0.717, 1.165) is 10.2 Å². The molecule has 3 saturated heterocycles. The summed E-state index contributed by atoms with van der Waals surface area (Å²) in [5.41, 5.74) is 1.64. The molecule has 0 aliphatic carbocycles. The Labute approximate surface area is 128 Å². The van der Waals surface area contributed by atoms with Crippen LogP contribution in [-0.2, 0) is 0 Å². The van der Waals surface area contributed by atoms with Crippen molar-refractivity contribution in [1.82, 2.24) is 15.2 Å². The van der Waals surface area contributed by atoms with Crippen molar-refractivity contribution in [2.24, 2.45) is 5.92 Å². The number of pyridine rings is 1. The van der Waals surface area contributed by atoms with Gasteiger partial charge in [-0.1, -0.05) is 0 Å². The number of carbonyl (C=O) groups is 1. The van der Waals surface area contributed by atoms with Gasteiger partial charge in [0, 0.05) is 18.3 Å². The maximum Gasteiger partial charge on any atom is 0.253 e. The van der Waals surface area contributed by atoms with E-state index in [4.69, 9.17) is 0 Å². The van der Waals surface area contributed by atoms with Crippen LogP contribution in [0.4, 0.5) is 0 Å². The number of rotatable bonds is 2. The summed E-state index contributed by atoms with van der Waals surface area (Å²) in [6.45, 7) is 4.60. The lowest BCUT2D eigenvalue weighted by Crippen LogP contribution is -2.62. The van der Waals surface area contributed by atoms with E-state index >= 15 is 0 Å². The van der Waals surface area contributed by atoms with Gasteiger partial charge in [-0.2, -0.15) is 0 Å². The molecular formula is C16H19N3OS. The Balaban J connectivity index is 1.54. The normalized spacial score (nSPS) is 31.5. The number of nitrogens with one attached hydrogen (secondary N) is 1. The third-order valence-electron chi connectivity index (χ3n) is 5.04. The summed E-state index contributed by atoms with van der Waals surface area (Å²) in [6, 6.07) is 4.66. The van der Waals surface area contributed by atoms with Crippen LogP contribution in [0.3, 0.4) is 0 Å². The highest BCUT2D eigenvalue weighted by Gasteiger charge is 2.40. The fraction of sp³-hybridized carbons (Fsp3) is 0.500. The number of hydrogen-bond donors (Lipinski definition) is 1. The summed E-state index contributed by atoms with van der Waals surface area (Å²) >= 11 is 1.63. The number of amides is 1. The fourth-order valence-corrected chi connectivity index (χ4v) is 4.53. The second-order valence-corrected chi connectivity index (χ2v) is 7.09. The molecule has 2 aromatic heterocycles. The number of aromatic nitrogens is 1. The molecule has 2 aromatic rings. The molecular weight excluding hydrogens is 282 g/mol. The molecule has 1 N–H and O–H groups in total. The second kappa shape index (κ2) is 5.07. The zero-order chi connectivity index (χ0) is 14.4. The first-order valence-electron chi connectivity index (χ1n) is 7.60. The van der Waals surface area contributed by atoms with Crippen LogP contribution in [0, 0.1) is 5.92 Å². The molecule has 0 saturated carbocycles. The monoisotopic (exact) mass is 301 g/mol. The molecule has 0 spiro atoms. The highest BCUT2D eigenvalue weighted by Crippen LogP contribution is 2.32. The van der Waals surface area contributed by atoms with E-state index in [9.17, 15) is 4.79 Å². The molecule has 0 radical (unpaired) electrons. The quantitative estimate of drug-likeness (QED) is 0.927. The highest BCUT2D eigenvalue weighted by atomic mass is 32.1. The van der Waals surface area contributed by atoms with Crippen molar-refractivity contribution in [3.05, 3.63) is 29.3 Å². The van der Waals surface area contributed by atoms with Crippen LogP contribution in [0.25, 0.3) is 10.2 Å². The van der Waals surface area contributed by atoms with E-state index in [-0.39, 0.29) is 11.9 Å². The van der Waals surface area contributed by atoms with Crippen molar-refractivity contribution in [2.75, 3.05) is 13.1 Å². The molecule has 2 atom stereocenters. The minimum absolute atomic E-state index is 0.0170. The largest absolute Gasteiger partial charge is 0.347 e. The van der Waals surface area contributed by atoms with Crippen LogP contribution >= 0.6 is 11.3 Å². The summed E-state index contributed by atoms with van der Waals surface area (Å²) in [4.78, 5) is 19.4. The van der Waals surface area contributed by atoms with Gasteiger partial charge >= 0.3 is 0 Å². The van der Waals surface area contributed by atoms with Gasteiger partial charge in [0.25, 0.3) is 5.91 Å². The zero-order valence-electron chi connectivity index (χ0n) is 12.1. The molecule has 21 heavy (non-hydrogen) atoms. The number of fused-ring (bicyclic) bond motifs is 4. The number of hydrogen-bond acceptors (Lipinski definition) is 4. The maximum absolute atomic E-state index is 12.5. The predicted octanol–water partition coefficient (Wildman–Crippen LogP) is 2.51. The van der Waals surface area contributed by atoms with E-state index in [1.54, 1.807) is 17.5 Å². The van der Waals surface area contributed by atoms with Crippen molar-refractivity contribution in [1.29, 1.82) is 0 Å². The Hall–Kier alpha value is -1.46. The Morgan fingerprint density at radius 1 is 1.43 bits per heavy atom. The minimum atomic E-state index is 0.0170. The number of thiophene rings is 1. The summed E-state index contributed by atoms with van der Waals surface area (Å²) in [6.07, 6.45) is 4.10. The Kier molecular flexibility index (Phi) is 3.19. The predicted molar refractivity (Wildman–Crippen MR) is 84.6 cm³/mol. The first kappa shape index (κ1) is 13.2. The highest BCUT2D eigenvalue weighted by molar-refractivity contribution is 7.17. The van der Waals surface area contributed by atoms with Gasteiger partial charge in [-0.15, -0.1) is 11.3 Å². The molecule has 3 aliphatic rings. The van der Waals surface area contributed by atoms with Gasteiger partial charge in [0.15, 0.2) is 0 Å². The fourth-order valence-electron chi connectivity index (χ4n) is 3.75. The third kappa shape index (κ3) is 2.24. The Morgan fingerprint density at radius 2 is 2.24 bits per heavy atom. The van der Waals surface area contributed by atoms with E-state index in [1.165, 1.54) is 25.9 Å². The molecule has 2 bridgehead atoms. The SMILES string of the molecule is CC1C(NC(=O)c2cnc3ccsc3c2)C2CCN1CC2. The van der Waals surface area contributed by atoms with Gasteiger partial charge in [0.1, 0.15) is 0 Å². The molecule has 1 amide bonds. The van der Waals surface area contributed by atoms with Crippen LogP contribution in [0.1, 0.15) is 30.1 Å². The van der Waals surface area contributed by atoms with E-state index in [0.29, 0.717) is 17.5 Å². The van der Waals surface area contributed by atoms with Gasteiger partial charge in [0.05, 0.1) is 15.8 Å². The molecule has 3 aliphatic heterocycles. The minimum Gasteiger partial charge on any atom is -0.347 e. The molecule has 2 unspecified atom stereocenters. The third-order valence-corrected chi connectivity index (χ3v) is 5.89. The summed E-state index contributed by atoms with van der Waals surface area (Å²) in [5.74, 6) is 0.649. The van der Waals surface area contributed by atoms with Crippen molar-refractivity contribution < 1.29 is 4.79 Å².